The van der Waals surface area contributed by atoms with Crippen molar-refractivity contribution in [2.75, 3.05) is 20.1 Å². The molecule has 7 aromatic rings. The van der Waals surface area contributed by atoms with E-state index in [1.807, 2.05) is 124 Å². The summed E-state index contributed by atoms with van der Waals surface area (Å²) in [6.45, 7) is 33.3. The summed E-state index contributed by atoms with van der Waals surface area (Å²) in [5.74, 6) is -1.40. The van der Waals surface area contributed by atoms with Crippen molar-refractivity contribution in [1.29, 1.82) is 0 Å². The van der Waals surface area contributed by atoms with Crippen molar-refractivity contribution in [3.8, 4) is 44.9 Å². The molecular weight excluding hydrogens is 929 g/mol. The third-order valence-corrected chi connectivity index (χ3v) is 10.9. The SMILES string of the molecule is C/C=C(\C)c1ccc(-c2cccc(C)c2)nc1.C=CC=C.CC.CC.CC.CC(C)(C)OC=O.CN1CCC(n2cc(-c3ccc(-c4cccc(Cn5nc(-c6cc(F)cc(F)c6)ccc5=O)c4)nc3)cn2)CC1. The molecule has 0 bridgehead atoms. The van der Waals surface area contributed by atoms with Gasteiger partial charge in [0.1, 0.15) is 17.2 Å². The molecule has 0 amide bonds. The van der Waals surface area contributed by atoms with E-state index in [-0.39, 0.29) is 23.3 Å². The smallest absolute Gasteiger partial charge is 0.293 e. The number of aromatic nitrogens is 6. The fraction of sp³-hybridized carbons (Fsp3) is 0.323. The number of halogens is 2. The van der Waals surface area contributed by atoms with Gasteiger partial charge in [-0.3, -0.25) is 24.2 Å². The number of rotatable bonds is 10. The first-order valence-electron chi connectivity index (χ1n) is 25.4. The molecule has 8 rings (SSSR count). The van der Waals surface area contributed by atoms with Gasteiger partial charge in [0.25, 0.3) is 12.0 Å². The predicted octanol–water partition coefficient (Wildman–Crippen LogP) is 15.3. The summed E-state index contributed by atoms with van der Waals surface area (Å²) in [5.41, 5.74) is 10.4. The molecule has 1 aliphatic heterocycles. The van der Waals surface area contributed by atoms with E-state index in [4.69, 9.17) is 4.98 Å². The third kappa shape index (κ3) is 21.0. The lowest BCUT2D eigenvalue weighted by molar-refractivity contribution is -0.138. The van der Waals surface area contributed by atoms with Crippen LogP contribution in [0.4, 0.5) is 8.78 Å². The highest BCUT2D eigenvalue weighted by Gasteiger charge is 2.19. The number of hydrogen-bond acceptors (Lipinski definition) is 8. The summed E-state index contributed by atoms with van der Waals surface area (Å²) in [5, 5.41) is 8.97. The van der Waals surface area contributed by atoms with E-state index in [0.29, 0.717) is 18.2 Å². The van der Waals surface area contributed by atoms with E-state index in [1.54, 1.807) is 12.2 Å². The number of allylic oxidation sites excluding steroid dienone is 4. The topological polar surface area (TPSA) is 108 Å². The van der Waals surface area contributed by atoms with Crippen LogP contribution in [-0.4, -0.2) is 66.6 Å². The van der Waals surface area contributed by atoms with Crippen molar-refractivity contribution in [2.45, 2.75) is 114 Å². The minimum absolute atomic E-state index is 0.201. The highest BCUT2D eigenvalue weighted by atomic mass is 19.1. The van der Waals surface area contributed by atoms with Crippen LogP contribution < -0.4 is 5.56 Å². The van der Waals surface area contributed by atoms with E-state index in [9.17, 15) is 18.4 Å². The summed E-state index contributed by atoms with van der Waals surface area (Å²) >= 11 is 0. The first kappa shape index (κ1) is 62.7. The van der Waals surface area contributed by atoms with E-state index in [1.165, 1.54) is 51.2 Å². The minimum atomic E-state index is -0.702. The molecule has 0 spiro atoms. The Kier molecular flexibility index (Phi) is 28.2. The van der Waals surface area contributed by atoms with Crippen LogP contribution in [0.2, 0.25) is 0 Å². The number of nitrogens with zero attached hydrogens (tertiary/aromatic N) is 7. The van der Waals surface area contributed by atoms with Crippen molar-refractivity contribution in [3.63, 3.8) is 0 Å². The molecular formula is C62H79F2N7O3. The van der Waals surface area contributed by atoms with E-state index in [0.717, 1.165) is 65.6 Å². The van der Waals surface area contributed by atoms with Crippen molar-refractivity contribution in [2.24, 2.45) is 0 Å². The van der Waals surface area contributed by atoms with Gasteiger partial charge in [-0.15, -0.1) is 0 Å². The normalized spacial score (nSPS) is 12.0. The Morgan fingerprint density at radius 2 is 1.30 bits per heavy atom. The number of pyridine rings is 2. The minimum Gasteiger partial charge on any atom is -0.462 e. The van der Waals surface area contributed by atoms with Crippen molar-refractivity contribution < 1.29 is 18.3 Å². The van der Waals surface area contributed by atoms with Gasteiger partial charge in [-0.1, -0.05) is 127 Å². The number of carbonyl (C=O) groups is 1. The molecule has 3 aromatic carbocycles. The molecule has 4 aromatic heterocycles. The Balaban J connectivity index is 0.000000453. The second kappa shape index (κ2) is 33.3. The quantitative estimate of drug-likeness (QED) is 0.0985. The first-order chi connectivity index (χ1) is 35.6. The Morgan fingerprint density at radius 1 is 0.716 bits per heavy atom. The van der Waals surface area contributed by atoms with Crippen LogP contribution in [0.25, 0.3) is 50.5 Å². The largest absolute Gasteiger partial charge is 0.462 e. The number of likely N-dealkylation sites (tertiary alicyclic amines) is 1. The Hall–Kier alpha value is -7.44. The van der Waals surface area contributed by atoms with Gasteiger partial charge >= 0.3 is 0 Å². The fourth-order valence-corrected chi connectivity index (χ4v) is 7.01. The van der Waals surface area contributed by atoms with Gasteiger partial charge in [-0.05, 0) is 134 Å². The zero-order chi connectivity index (χ0) is 55.2. The molecule has 0 N–H and O–H groups in total. The molecule has 1 fully saturated rings. The molecule has 394 valence electrons. The number of carbonyl (C=O) groups excluding carboxylic acids is 1. The second-order valence-electron chi connectivity index (χ2n) is 17.3. The molecule has 0 unspecified atom stereocenters. The van der Waals surface area contributed by atoms with E-state index >= 15 is 0 Å². The van der Waals surface area contributed by atoms with Crippen LogP contribution in [0.15, 0.2) is 164 Å². The maximum atomic E-state index is 13.7. The average molecular weight is 1010 g/mol. The lowest BCUT2D eigenvalue weighted by Gasteiger charge is -2.28. The highest BCUT2D eigenvalue weighted by molar-refractivity contribution is 5.67. The van der Waals surface area contributed by atoms with Crippen molar-refractivity contribution in [3.05, 3.63) is 198 Å². The highest BCUT2D eigenvalue weighted by Crippen LogP contribution is 2.27. The summed E-state index contributed by atoms with van der Waals surface area (Å²) in [6.07, 6.45) is 15.4. The van der Waals surface area contributed by atoms with Crippen LogP contribution in [-0.2, 0) is 16.1 Å². The van der Waals surface area contributed by atoms with Crippen molar-refractivity contribution >= 4 is 12.0 Å². The Labute approximate surface area is 440 Å². The number of benzene rings is 3. The monoisotopic (exact) mass is 1010 g/mol. The molecule has 1 aliphatic rings. The number of ether oxygens (including phenoxy) is 1. The Bertz CT molecular complexity index is 2810. The average Bonchev–Trinajstić information content (AvgIpc) is 3.92. The van der Waals surface area contributed by atoms with Crippen LogP contribution in [0.3, 0.4) is 0 Å². The van der Waals surface area contributed by atoms with Gasteiger partial charge in [0.05, 0.1) is 35.9 Å². The summed E-state index contributed by atoms with van der Waals surface area (Å²) in [6, 6.07) is 30.8. The zero-order valence-electron chi connectivity index (χ0n) is 46.1. The number of hydrogen-bond donors (Lipinski definition) is 0. The molecule has 0 saturated carbocycles. The number of piperidine rings is 1. The van der Waals surface area contributed by atoms with Gasteiger partial charge in [-0.25, -0.2) is 13.5 Å². The second-order valence-corrected chi connectivity index (χ2v) is 17.3. The maximum Gasteiger partial charge on any atom is 0.293 e. The van der Waals surface area contributed by atoms with Gasteiger partial charge in [-0.2, -0.15) is 10.2 Å². The summed E-state index contributed by atoms with van der Waals surface area (Å²) in [4.78, 5) is 33.7. The van der Waals surface area contributed by atoms with E-state index < -0.39 is 11.6 Å². The van der Waals surface area contributed by atoms with Crippen LogP contribution in [0, 0.1) is 18.6 Å². The molecule has 1 saturated heterocycles. The third-order valence-electron chi connectivity index (χ3n) is 10.9. The lowest BCUT2D eigenvalue weighted by atomic mass is 10.1. The van der Waals surface area contributed by atoms with Gasteiger partial charge < -0.3 is 9.64 Å². The van der Waals surface area contributed by atoms with Crippen LogP contribution in [0.1, 0.15) is 112 Å². The standard InChI is InChI=1S/C31H28F2N6O.C16H17N.C5H10O2.C4H6.3C2H6/c1-37-11-9-28(10-12-37)38-20-25(18-35-38)23-5-6-29(34-17-23)22-4-2-3-21(13-22)19-39-31(40)8-7-30(36-39)24-14-26(32)16-27(33)15-24;1-4-13(3)15-8-9-16(17-11-15)14-7-5-6-12(2)10-14;1-5(2,3)7-4-6;1-3-4-2;3*1-2/h2-8,13-18,20,28H,9-12,19H2,1H3;4-11H,1-3H3;4H,1-3H3;3-4H,1-2H2;3*1-2H3/b;13-4+;;;;;. The Morgan fingerprint density at radius 3 is 1.81 bits per heavy atom. The van der Waals surface area contributed by atoms with Crippen LogP contribution in [0.5, 0.6) is 0 Å². The molecule has 0 atom stereocenters. The molecule has 12 heteroatoms. The molecule has 0 radical (unpaired) electrons. The maximum absolute atomic E-state index is 13.7. The number of aryl methyl sites for hydroxylation is 1. The van der Waals surface area contributed by atoms with Crippen molar-refractivity contribution in [1.82, 2.24) is 34.4 Å². The van der Waals surface area contributed by atoms with Gasteiger partial charge in [0, 0.05) is 58.5 Å². The lowest BCUT2D eigenvalue weighted by Crippen LogP contribution is -2.31. The van der Waals surface area contributed by atoms with Gasteiger partial charge in [0.2, 0.25) is 0 Å². The molecule has 74 heavy (non-hydrogen) atoms. The van der Waals surface area contributed by atoms with Gasteiger partial charge in [0.15, 0.2) is 0 Å². The van der Waals surface area contributed by atoms with Crippen LogP contribution >= 0.6 is 0 Å². The summed E-state index contributed by atoms with van der Waals surface area (Å²) < 4.78 is 35.3. The fourth-order valence-electron chi connectivity index (χ4n) is 7.01. The molecule has 0 aliphatic carbocycles. The predicted molar refractivity (Wildman–Crippen MR) is 305 cm³/mol. The first-order valence-corrected chi connectivity index (χ1v) is 25.4. The molecule has 5 heterocycles. The molecule has 10 nitrogen and oxygen atoms in total. The zero-order valence-corrected chi connectivity index (χ0v) is 46.1. The van der Waals surface area contributed by atoms with E-state index in [2.05, 4.69) is 112 Å². The summed E-state index contributed by atoms with van der Waals surface area (Å²) in [7, 11) is 2.15.